The summed E-state index contributed by atoms with van der Waals surface area (Å²) < 4.78 is 0. The largest absolute Gasteiger partial charge is 0.313 e. The van der Waals surface area contributed by atoms with E-state index >= 15 is 0 Å². The van der Waals surface area contributed by atoms with Gasteiger partial charge in [0.1, 0.15) is 0 Å². The van der Waals surface area contributed by atoms with Crippen LogP contribution in [-0.4, -0.2) is 12.0 Å². The summed E-state index contributed by atoms with van der Waals surface area (Å²) in [5.41, 5.74) is 5.28. The van der Waals surface area contributed by atoms with E-state index in [1.165, 1.54) is 23.1 Å². The summed E-state index contributed by atoms with van der Waals surface area (Å²) in [5.74, 6) is 0. The Morgan fingerprint density at radius 1 is 1.18 bits per heavy atom. The molecule has 1 unspecified atom stereocenters. The van der Waals surface area contributed by atoms with Crippen molar-refractivity contribution in [3.8, 4) is 11.3 Å². The van der Waals surface area contributed by atoms with E-state index in [1.54, 1.807) is 0 Å². The Hall–Kier alpha value is -1.67. The first-order chi connectivity index (χ1) is 8.40. The molecule has 1 aromatic heterocycles. The van der Waals surface area contributed by atoms with Crippen molar-refractivity contribution >= 4 is 0 Å². The lowest BCUT2D eigenvalue weighted by atomic mass is 9.99. The van der Waals surface area contributed by atoms with Gasteiger partial charge >= 0.3 is 0 Å². The highest BCUT2D eigenvalue weighted by Crippen LogP contribution is 2.36. The second-order valence-corrected chi connectivity index (χ2v) is 4.47. The first-order valence-corrected chi connectivity index (χ1v) is 6.10. The van der Waals surface area contributed by atoms with Crippen LogP contribution in [0.25, 0.3) is 11.3 Å². The van der Waals surface area contributed by atoms with E-state index in [0.717, 1.165) is 12.1 Å². The molecule has 2 aromatic rings. The molecule has 2 heteroatoms. The zero-order valence-electron chi connectivity index (χ0n) is 9.98. The molecule has 2 nitrogen and oxygen atoms in total. The molecule has 1 heterocycles. The SMILES string of the molecule is CNC1CCc2c(-c3ccccn3)cccc21. The van der Waals surface area contributed by atoms with Gasteiger partial charge in [-0.1, -0.05) is 24.3 Å². The molecule has 1 aromatic carbocycles. The molecule has 0 saturated heterocycles. The average Bonchev–Trinajstić information content (AvgIpc) is 2.82. The third kappa shape index (κ3) is 1.75. The average molecular weight is 224 g/mol. The number of aromatic nitrogens is 1. The number of hydrogen-bond acceptors (Lipinski definition) is 2. The molecular weight excluding hydrogens is 208 g/mol. The van der Waals surface area contributed by atoms with Gasteiger partial charge in [-0.15, -0.1) is 0 Å². The molecule has 86 valence electrons. The Bertz CT molecular complexity index is 520. The van der Waals surface area contributed by atoms with Crippen LogP contribution in [0.2, 0.25) is 0 Å². The second kappa shape index (κ2) is 4.30. The van der Waals surface area contributed by atoms with Crippen LogP contribution in [0, 0.1) is 0 Å². The van der Waals surface area contributed by atoms with Crippen molar-refractivity contribution < 1.29 is 0 Å². The summed E-state index contributed by atoms with van der Waals surface area (Å²) in [6.07, 6.45) is 4.20. The molecule has 0 amide bonds. The van der Waals surface area contributed by atoms with E-state index in [4.69, 9.17) is 0 Å². The van der Waals surface area contributed by atoms with E-state index in [-0.39, 0.29) is 0 Å². The lowest BCUT2D eigenvalue weighted by molar-refractivity contribution is 0.590. The number of fused-ring (bicyclic) bond motifs is 1. The van der Waals surface area contributed by atoms with Gasteiger partial charge in [-0.05, 0) is 43.1 Å². The van der Waals surface area contributed by atoms with Crippen LogP contribution in [-0.2, 0) is 6.42 Å². The molecule has 0 radical (unpaired) electrons. The van der Waals surface area contributed by atoms with Crippen molar-refractivity contribution in [2.75, 3.05) is 7.05 Å². The normalized spacial score (nSPS) is 18.1. The number of hydrogen-bond donors (Lipinski definition) is 1. The van der Waals surface area contributed by atoms with E-state index in [0.29, 0.717) is 6.04 Å². The minimum atomic E-state index is 0.508. The molecule has 0 saturated carbocycles. The molecule has 3 rings (SSSR count). The van der Waals surface area contributed by atoms with Gasteiger partial charge in [-0.3, -0.25) is 4.98 Å². The van der Waals surface area contributed by atoms with Crippen LogP contribution in [0.3, 0.4) is 0 Å². The zero-order valence-corrected chi connectivity index (χ0v) is 9.98. The maximum atomic E-state index is 4.46. The molecule has 0 aliphatic heterocycles. The fraction of sp³-hybridized carbons (Fsp3) is 0.267. The highest BCUT2D eigenvalue weighted by Gasteiger charge is 2.23. The van der Waals surface area contributed by atoms with Gasteiger partial charge in [0.05, 0.1) is 5.69 Å². The number of nitrogens with zero attached hydrogens (tertiary/aromatic N) is 1. The molecule has 0 spiro atoms. The molecule has 1 atom stereocenters. The van der Waals surface area contributed by atoms with Gasteiger partial charge in [0.25, 0.3) is 0 Å². The first-order valence-electron chi connectivity index (χ1n) is 6.10. The lowest BCUT2D eigenvalue weighted by Crippen LogP contribution is -2.12. The van der Waals surface area contributed by atoms with Crippen LogP contribution in [0.4, 0.5) is 0 Å². The van der Waals surface area contributed by atoms with E-state index < -0.39 is 0 Å². The zero-order chi connectivity index (χ0) is 11.7. The minimum absolute atomic E-state index is 0.508. The van der Waals surface area contributed by atoms with Crippen molar-refractivity contribution in [2.45, 2.75) is 18.9 Å². The first kappa shape index (κ1) is 10.5. The quantitative estimate of drug-likeness (QED) is 0.848. The summed E-state index contributed by atoms with van der Waals surface area (Å²) in [4.78, 5) is 4.46. The fourth-order valence-corrected chi connectivity index (χ4v) is 2.72. The third-order valence-electron chi connectivity index (χ3n) is 3.56. The number of nitrogens with one attached hydrogen (secondary N) is 1. The standard InChI is InChI=1S/C15H16N2/c1-16-14-9-8-11-12(14)5-4-6-13(11)15-7-2-3-10-17-15/h2-7,10,14,16H,8-9H2,1H3. The van der Waals surface area contributed by atoms with Gasteiger partial charge < -0.3 is 5.32 Å². The maximum Gasteiger partial charge on any atom is 0.0704 e. The topological polar surface area (TPSA) is 24.9 Å². The minimum Gasteiger partial charge on any atom is -0.313 e. The Kier molecular flexibility index (Phi) is 2.65. The maximum absolute atomic E-state index is 4.46. The van der Waals surface area contributed by atoms with Crippen molar-refractivity contribution in [2.24, 2.45) is 0 Å². The number of rotatable bonds is 2. The van der Waals surface area contributed by atoms with Crippen LogP contribution in [0.1, 0.15) is 23.6 Å². The highest BCUT2D eigenvalue weighted by molar-refractivity contribution is 5.66. The van der Waals surface area contributed by atoms with Gasteiger partial charge in [-0.25, -0.2) is 0 Å². The second-order valence-electron chi connectivity index (χ2n) is 4.47. The smallest absolute Gasteiger partial charge is 0.0704 e. The van der Waals surface area contributed by atoms with Crippen LogP contribution in [0.5, 0.6) is 0 Å². The monoisotopic (exact) mass is 224 g/mol. The molecule has 1 aliphatic carbocycles. The summed E-state index contributed by atoms with van der Waals surface area (Å²) in [7, 11) is 2.03. The molecule has 17 heavy (non-hydrogen) atoms. The van der Waals surface area contributed by atoms with Gasteiger partial charge in [0.15, 0.2) is 0 Å². The predicted octanol–water partition coefficient (Wildman–Crippen LogP) is 2.96. The summed E-state index contributed by atoms with van der Waals surface area (Å²) in [5, 5.41) is 3.38. The van der Waals surface area contributed by atoms with Gasteiger partial charge in [0.2, 0.25) is 0 Å². The molecule has 0 fully saturated rings. The van der Waals surface area contributed by atoms with Crippen LogP contribution in [0.15, 0.2) is 42.6 Å². The Labute approximate surface area is 102 Å². The summed E-state index contributed by atoms with van der Waals surface area (Å²) >= 11 is 0. The number of pyridine rings is 1. The Morgan fingerprint density at radius 2 is 2.12 bits per heavy atom. The van der Waals surface area contributed by atoms with Gasteiger partial charge in [-0.2, -0.15) is 0 Å². The predicted molar refractivity (Wildman–Crippen MR) is 69.8 cm³/mol. The molecule has 1 N–H and O–H groups in total. The van der Waals surface area contributed by atoms with Crippen LogP contribution < -0.4 is 5.32 Å². The van der Waals surface area contributed by atoms with Crippen molar-refractivity contribution in [3.05, 3.63) is 53.7 Å². The Morgan fingerprint density at radius 3 is 2.88 bits per heavy atom. The van der Waals surface area contributed by atoms with Crippen molar-refractivity contribution in [3.63, 3.8) is 0 Å². The van der Waals surface area contributed by atoms with Gasteiger partial charge in [0, 0.05) is 17.8 Å². The van der Waals surface area contributed by atoms with E-state index in [2.05, 4.69) is 34.6 Å². The summed E-state index contributed by atoms with van der Waals surface area (Å²) in [6.45, 7) is 0. The molecule has 1 aliphatic rings. The third-order valence-corrected chi connectivity index (χ3v) is 3.56. The highest BCUT2D eigenvalue weighted by atomic mass is 14.9. The molecular formula is C15H16N2. The Balaban J connectivity index is 2.12. The fourth-order valence-electron chi connectivity index (χ4n) is 2.72. The summed E-state index contributed by atoms with van der Waals surface area (Å²) in [6, 6.07) is 13.2. The van der Waals surface area contributed by atoms with E-state index in [9.17, 15) is 0 Å². The molecule has 0 bridgehead atoms. The number of benzene rings is 1. The van der Waals surface area contributed by atoms with Crippen molar-refractivity contribution in [1.82, 2.24) is 10.3 Å². The van der Waals surface area contributed by atoms with E-state index in [1.807, 2.05) is 25.4 Å². The van der Waals surface area contributed by atoms with Crippen LogP contribution >= 0.6 is 0 Å². The van der Waals surface area contributed by atoms with Crippen molar-refractivity contribution in [1.29, 1.82) is 0 Å². The lowest BCUT2D eigenvalue weighted by Gasteiger charge is -2.11.